The molecule has 2 aromatic rings. The number of benzene rings is 2. The Morgan fingerprint density at radius 1 is 1.10 bits per heavy atom. The van der Waals surface area contributed by atoms with Crippen LogP contribution in [0.15, 0.2) is 47.4 Å². The summed E-state index contributed by atoms with van der Waals surface area (Å²) in [7, 11) is -0.936. The van der Waals surface area contributed by atoms with Crippen molar-refractivity contribution in [3.63, 3.8) is 0 Å². The van der Waals surface area contributed by atoms with Crippen molar-refractivity contribution >= 4 is 21.6 Å². The third-order valence-corrected chi connectivity index (χ3v) is 7.47. The zero-order valence-electron chi connectivity index (χ0n) is 18.4. The van der Waals surface area contributed by atoms with Crippen LogP contribution in [0.3, 0.4) is 0 Å². The first-order valence-corrected chi connectivity index (χ1v) is 11.8. The normalized spacial score (nSPS) is 17.4. The van der Waals surface area contributed by atoms with Gasteiger partial charge in [-0.2, -0.15) is 4.31 Å². The molecule has 8 heteroatoms. The largest absolute Gasteiger partial charge is 0.497 e. The van der Waals surface area contributed by atoms with Crippen LogP contribution in [0.1, 0.15) is 38.2 Å². The molecule has 0 aromatic heterocycles. The first kappa shape index (κ1) is 23.1. The summed E-state index contributed by atoms with van der Waals surface area (Å²) in [5.41, 5.74) is 1.91. The van der Waals surface area contributed by atoms with Crippen molar-refractivity contribution in [3.05, 3.63) is 48.0 Å². The maximum Gasteiger partial charge on any atom is 0.246 e. The lowest BCUT2D eigenvalue weighted by Crippen LogP contribution is -2.43. The number of carbonyl (C=O) groups is 1. The molecule has 31 heavy (non-hydrogen) atoms. The van der Waals surface area contributed by atoms with Crippen molar-refractivity contribution in [3.8, 4) is 11.5 Å². The molecule has 3 rings (SSSR count). The molecule has 168 valence electrons. The number of hydrogen-bond acceptors (Lipinski definition) is 5. The molecule has 1 atom stereocenters. The third kappa shape index (κ3) is 5.19. The second-order valence-electron chi connectivity index (χ2n) is 7.98. The van der Waals surface area contributed by atoms with Crippen LogP contribution in [0.4, 0.5) is 5.69 Å². The van der Waals surface area contributed by atoms with E-state index in [1.54, 1.807) is 12.1 Å². The highest BCUT2D eigenvalue weighted by molar-refractivity contribution is 7.89. The fraction of sp³-hybridized carbons (Fsp3) is 0.435. The predicted molar refractivity (Wildman–Crippen MR) is 120 cm³/mol. The molecule has 1 fully saturated rings. The summed E-state index contributed by atoms with van der Waals surface area (Å²) in [6.07, 6.45) is 1.24. The molecule has 2 aromatic carbocycles. The summed E-state index contributed by atoms with van der Waals surface area (Å²) >= 11 is 0. The minimum Gasteiger partial charge on any atom is -0.497 e. The molecule has 0 saturated carbocycles. The van der Waals surface area contributed by atoms with E-state index in [2.05, 4.69) is 19.2 Å². The number of piperidine rings is 1. The average molecular weight is 447 g/mol. The van der Waals surface area contributed by atoms with E-state index in [1.807, 2.05) is 24.3 Å². The van der Waals surface area contributed by atoms with Gasteiger partial charge in [-0.3, -0.25) is 4.79 Å². The van der Waals surface area contributed by atoms with Crippen LogP contribution in [-0.2, 0) is 14.8 Å². The van der Waals surface area contributed by atoms with Gasteiger partial charge in [0.15, 0.2) is 0 Å². The maximum absolute atomic E-state index is 13.3. The second-order valence-corrected chi connectivity index (χ2v) is 9.89. The van der Waals surface area contributed by atoms with Crippen LogP contribution in [0, 0.1) is 5.92 Å². The Bertz CT molecular complexity index is 1020. The Labute approximate surface area is 184 Å². The van der Waals surface area contributed by atoms with Gasteiger partial charge in [-0.05, 0) is 48.6 Å². The number of anilines is 1. The fourth-order valence-corrected chi connectivity index (χ4v) is 5.39. The van der Waals surface area contributed by atoms with Crippen LogP contribution in [0.2, 0.25) is 0 Å². The summed E-state index contributed by atoms with van der Waals surface area (Å²) in [5, 5.41) is 2.93. The molecule has 1 saturated heterocycles. The number of amides is 1. The first-order chi connectivity index (χ1) is 14.8. The lowest BCUT2D eigenvalue weighted by Gasteiger charge is -2.31. The molecule has 0 aliphatic carbocycles. The summed E-state index contributed by atoms with van der Waals surface area (Å²) in [6, 6.07) is 12.4. The molecular formula is C23H30N2O5S. The Morgan fingerprint density at radius 3 is 2.42 bits per heavy atom. The van der Waals surface area contributed by atoms with Gasteiger partial charge in [-0.1, -0.05) is 26.0 Å². The molecule has 1 heterocycles. The quantitative estimate of drug-likeness (QED) is 0.698. The zero-order chi connectivity index (χ0) is 22.6. The summed E-state index contributed by atoms with van der Waals surface area (Å²) in [6.45, 7) is 4.71. The number of hydrogen-bond donors (Lipinski definition) is 1. The number of sulfonamides is 1. The molecule has 0 unspecified atom stereocenters. The summed E-state index contributed by atoms with van der Waals surface area (Å²) < 4.78 is 38.4. The van der Waals surface area contributed by atoms with E-state index in [4.69, 9.17) is 9.47 Å². The number of nitrogens with one attached hydrogen (secondary N) is 1. The molecule has 1 aliphatic heterocycles. The smallest absolute Gasteiger partial charge is 0.246 e. The molecule has 1 aliphatic rings. The van der Waals surface area contributed by atoms with E-state index in [1.165, 1.54) is 30.2 Å². The minimum absolute atomic E-state index is 0.0414. The average Bonchev–Trinajstić information content (AvgIpc) is 2.79. The first-order valence-electron chi connectivity index (χ1n) is 10.4. The number of nitrogens with zero attached hydrogens (tertiary/aromatic N) is 1. The standard InChI is InChI=1S/C23H30N2O5S/c1-16(2)17-7-9-19(10-8-17)24-23(26)18-6-5-13-25(15-18)31(27,28)22-14-20(29-3)11-12-21(22)30-4/h7-12,14,16,18H,5-6,13,15H2,1-4H3,(H,24,26)/t18-/m0/s1. The lowest BCUT2D eigenvalue weighted by atomic mass is 9.98. The van der Waals surface area contributed by atoms with Crippen molar-refractivity contribution in [1.82, 2.24) is 4.31 Å². The Balaban J connectivity index is 1.75. The summed E-state index contributed by atoms with van der Waals surface area (Å²) in [5.74, 6) is 0.489. The van der Waals surface area contributed by atoms with Crippen LogP contribution in [0.5, 0.6) is 11.5 Å². The van der Waals surface area contributed by atoms with Crippen molar-refractivity contribution in [2.75, 3.05) is 32.6 Å². The zero-order valence-corrected chi connectivity index (χ0v) is 19.2. The van der Waals surface area contributed by atoms with Gasteiger partial charge >= 0.3 is 0 Å². The van der Waals surface area contributed by atoms with Crippen molar-refractivity contribution in [1.29, 1.82) is 0 Å². The molecule has 0 bridgehead atoms. The van der Waals surface area contributed by atoms with Gasteiger partial charge in [0.05, 0.1) is 20.1 Å². The van der Waals surface area contributed by atoms with Crippen molar-refractivity contribution in [2.45, 2.75) is 37.5 Å². The fourth-order valence-electron chi connectivity index (χ4n) is 3.70. The third-order valence-electron chi connectivity index (χ3n) is 5.59. The van der Waals surface area contributed by atoms with Gasteiger partial charge in [-0.15, -0.1) is 0 Å². The van der Waals surface area contributed by atoms with Gasteiger partial charge in [0.25, 0.3) is 0 Å². The number of rotatable bonds is 7. The predicted octanol–water partition coefficient (Wildman–Crippen LogP) is 3.87. The molecular weight excluding hydrogens is 416 g/mol. The van der Waals surface area contributed by atoms with Crippen molar-refractivity contribution < 1.29 is 22.7 Å². The monoisotopic (exact) mass is 446 g/mol. The molecule has 7 nitrogen and oxygen atoms in total. The number of ether oxygens (including phenoxy) is 2. The molecule has 0 radical (unpaired) electrons. The van der Waals surface area contributed by atoms with Gasteiger partial charge in [-0.25, -0.2) is 8.42 Å². The Hall–Kier alpha value is -2.58. The topological polar surface area (TPSA) is 84.9 Å². The minimum atomic E-state index is -3.84. The van der Waals surface area contributed by atoms with E-state index in [0.29, 0.717) is 36.7 Å². The maximum atomic E-state index is 13.3. The van der Waals surface area contributed by atoms with E-state index in [0.717, 1.165) is 0 Å². The lowest BCUT2D eigenvalue weighted by molar-refractivity contribution is -0.120. The number of carbonyl (C=O) groups excluding carboxylic acids is 1. The van der Waals surface area contributed by atoms with Gasteiger partial charge in [0.2, 0.25) is 15.9 Å². The van der Waals surface area contributed by atoms with Gasteiger partial charge < -0.3 is 14.8 Å². The van der Waals surface area contributed by atoms with Crippen molar-refractivity contribution in [2.24, 2.45) is 5.92 Å². The molecule has 1 N–H and O–H groups in total. The highest BCUT2D eigenvalue weighted by atomic mass is 32.2. The molecule has 1 amide bonds. The van der Waals surface area contributed by atoms with E-state index < -0.39 is 15.9 Å². The van der Waals surface area contributed by atoms with E-state index >= 15 is 0 Å². The van der Waals surface area contributed by atoms with Crippen LogP contribution < -0.4 is 14.8 Å². The Morgan fingerprint density at radius 2 is 1.81 bits per heavy atom. The van der Waals surface area contributed by atoms with E-state index in [-0.39, 0.29) is 23.1 Å². The van der Waals surface area contributed by atoms with Crippen LogP contribution in [-0.4, -0.2) is 45.9 Å². The van der Waals surface area contributed by atoms with Crippen LogP contribution >= 0.6 is 0 Å². The summed E-state index contributed by atoms with van der Waals surface area (Å²) in [4.78, 5) is 12.9. The SMILES string of the molecule is COc1ccc(OC)c(S(=O)(=O)N2CCC[C@H](C(=O)Nc3ccc(C(C)C)cc3)C2)c1. The second kappa shape index (κ2) is 9.70. The van der Waals surface area contributed by atoms with Crippen LogP contribution in [0.25, 0.3) is 0 Å². The molecule has 0 spiro atoms. The highest BCUT2D eigenvalue weighted by Crippen LogP contribution is 2.33. The Kier molecular flexibility index (Phi) is 7.23. The van der Waals surface area contributed by atoms with E-state index in [9.17, 15) is 13.2 Å². The van der Waals surface area contributed by atoms with Gasteiger partial charge in [0.1, 0.15) is 16.4 Å². The highest BCUT2D eigenvalue weighted by Gasteiger charge is 2.35. The van der Waals surface area contributed by atoms with Gasteiger partial charge in [0, 0.05) is 24.8 Å². The number of methoxy groups -OCH3 is 2.